The Bertz CT molecular complexity index is 305. The average molecular weight is 268 g/mol. The van der Waals surface area contributed by atoms with E-state index in [1.165, 1.54) is 6.42 Å². The first-order valence-electron chi connectivity index (χ1n) is 7.16. The molecule has 0 aromatic rings. The van der Waals surface area contributed by atoms with E-state index in [2.05, 4.69) is 0 Å². The van der Waals surface area contributed by atoms with Crippen molar-refractivity contribution in [2.75, 3.05) is 13.2 Å². The van der Waals surface area contributed by atoms with Gasteiger partial charge in [0.25, 0.3) is 0 Å². The fourth-order valence-electron chi connectivity index (χ4n) is 2.14. The molecule has 1 unspecified atom stereocenters. The summed E-state index contributed by atoms with van der Waals surface area (Å²) in [7, 11) is -0.291. The molecule has 0 radical (unpaired) electrons. The molecule has 2 rings (SSSR count). The fourth-order valence-corrected chi connectivity index (χ4v) is 2.14. The quantitative estimate of drug-likeness (QED) is 0.734. The van der Waals surface area contributed by atoms with Gasteiger partial charge in [-0.3, -0.25) is 0 Å². The number of rotatable bonds is 4. The minimum atomic E-state index is -0.291. The fraction of sp³-hybridized carbons (Fsp3) is 0.857. The van der Waals surface area contributed by atoms with E-state index < -0.39 is 0 Å². The van der Waals surface area contributed by atoms with Gasteiger partial charge in [-0.2, -0.15) is 0 Å². The van der Waals surface area contributed by atoms with Gasteiger partial charge in [0.1, 0.15) is 0 Å². The lowest BCUT2D eigenvalue weighted by Crippen LogP contribution is -2.41. The summed E-state index contributed by atoms with van der Waals surface area (Å²) >= 11 is 0. The van der Waals surface area contributed by atoms with E-state index in [1.54, 1.807) is 0 Å². The summed E-state index contributed by atoms with van der Waals surface area (Å²) in [5.41, 5.74) is -0.565. The number of ether oxygens (including phenoxy) is 2. The van der Waals surface area contributed by atoms with Crippen LogP contribution >= 0.6 is 0 Å². The summed E-state index contributed by atoms with van der Waals surface area (Å²) < 4.78 is 22.8. The van der Waals surface area contributed by atoms with Gasteiger partial charge >= 0.3 is 7.12 Å². The normalized spacial score (nSPS) is 30.1. The molecule has 4 nitrogen and oxygen atoms in total. The van der Waals surface area contributed by atoms with Crippen molar-refractivity contribution in [2.24, 2.45) is 0 Å². The molecule has 0 amide bonds. The van der Waals surface area contributed by atoms with Crippen LogP contribution in [-0.4, -0.2) is 37.8 Å². The van der Waals surface area contributed by atoms with Crippen molar-refractivity contribution in [3.63, 3.8) is 0 Å². The molecule has 0 aromatic heterocycles. The summed E-state index contributed by atoms with van der Waals surface area (Å²) in [5, 5.41) is 0. The third-order valence-corrected chi connectivity index (χ3v) is 4.08. The van der Waals surface area contributed by atoms with Gasteiger partial charge in [0.05, 0.1) is 17.8 Å². The molecule has 2 aliphatic heterocycles. The smallest absolute Gasteiger partial charge is 0.400 e. The van der Waals surface area contributed by atoms with Crippen LogP contribution in [-0.2, 0) is 18.8 Å². The van der Waals surface area contributed by atoms with Gasteiger partial charge in [-0.25, -0.2) is 0 Å². The van der Waals surface area contributed by atoms with Gasteiger partial charge in [0.2, 0.25) is 0 Å². The second-order valence-corrected chi connectivity index (χ2v) is 6.18. The lowest BCUT2D eigenvalue weighted by molar-refractivity contribution is -0.155. The second-order valence-electron chi connectivity index (χ2n) is 6.18. The Balaban J connectivity index is 1.72. The zero-order chi connectivity index (χ0) is 13.9. The van der Waals surface area contributed by atoms with Crippen molar-refractivity contribution in [2.45, 2.75) is 64.4 Å². The van der Waals surface area contributed by atoms with E-state index in [-0.39, 0.29) is 24.6 Å². The molecule has 0 aliphatic carbocycles. The predicted molar refractivity (Wildman–Crippen MR) is 74.8 cm³/mol. The molecule has 108 valence electrons. The maximum absolute atomic E-state index is 5.86. The molecule has 0 N–H and O–H groups in total. The highest BCUT2D eigenvalue weighted by Crippen LogP contribution is 2.36. The molecule has 2 saturated heterocycles. The third-order valence-electron chi connectivity index (χ3n) is 4.08. The molecule has 0 aromatic carbocycles. The van der Waals surface area contributed by atoms with Crippen molar-refractivity contribution in [3.05, 3.63) is 12.1 Å². The molecule has 19 heavy (non-hydrogen) atoms. The van der Waals surface area contributed by atoms with Crippen LogP contribution in [0.3, 0.4) is 0 Å². The Morgan fingerprint density at radius 1 is 1.16 bits per heavy atom. The first-order valence-corrected chi connectivity index (χ1v) is 7.16. The Hall–Kier alpha value is -0.355. The molecule has 0 saturated carbocycles. The highest BCUT2D eigenvalue weighted by molar-refractivity contribution is 6.51. The Kier molecular flexibility index (Phi) is 4.72. The van der Waals surface area contributed by atoms with Crippen molar-refractivity contribution < 1.29 is 18.8 Å². The SMILES string of the molecule is CC1(C)OB(C=CCOC2CCCCO2)OC1(C)C. The molecule has 0 bridgehead atoms. The van der Waals surface area contributed by atoms with E-state index >= 15 is 0 Å². The van der Waals surface area contributed by atoms with Crippen molar-refractivity contribution >= 4 is 7.12 Å². The van der Waals surface area contributed by atoms with Gasteiger partial charge in [-0.1, -0.05) is 12.1 Å². The first-order chi connectivity index (χ1) is 8.91. The molecule has 2 heterocycles. The molecule has 2 fully saturated rings. The zero-order valence-corrected chi connectivity index (χ0v) is 12.5. The molecular weight excluding hydrogens is 243 g/mol. The summed E-state index contributed by atoms with van der Waals surface area (Å²) in [4.78, 5) is 0. The summed E-state index contributed by atoms with van der Waals surface area (Å²) in [5.74, 6) is 1.92. The highest BCUT2D eigenvalue weighted by atomic mass is 16.7. The summed E-state index contributed by atoms with van der Waals surface area (Å²) in [6.45, 7) is 9.54. The summed E-state index contributed by atoms with van der Waals surface area (Å²) in [6, 6.07) is 0. The minimum Gasteiger partial charge on any atom is -0.400 e. The van der Waals surface area contributed by atoms with Crippen LogP contribution < -0.4 is 0 Å². The lowest BCUT2D eigenvalue weighted by atomic mass is 9.90. The van der Waals surface area contributed by atoms with Crippen molar-refractivity contribution in [1.82, 2.24) is 0 Å². The van der Waals surface area contributed by atoms with E-state index in [0.717, 1.165) is 19.4 Å². The van der Waals surface area contributed by atoms with E-state index in [9.17, 15) is 0 Å². The largest absolute Gasteiger partial charge is 0.486 e. The maximum atomic E-state index is 5.86. The third kappa shape index (κ3) is 3.82. The van der Waals surface area contributed by atoms with Gasteiger partial charge in [-0.05, 0) is 47.0 Å². The van der Waals surface area contributed by atoms with Gasteiger partial charge < -0.3 is 18.8 Å². The monoisotopic (exact) mass is 268 g/mol. The van der Waals surface area contributed by atoms with Crippen LogP contribution in [0.5, 0.6) is 0 Å². The van der Waals surface area contributed by atoms with Crippen molar-refractivity contribution in [3.8, 4) is 0 Å². The molecule has 1 atom stereocenters. The van der Waals surface area contributed by atoms with Crippen LogP contribution in [0.4, 0.5) is 0 Å². The van der Waals surface area contributed by atoms with Crippen LogP contribution in [0.2, 0.25) is 0 Å². The zero-order valence-electron chi connectivity index (χ0n) is 12.5. The second kappa shape index (κ2) is 5.96. The van der Waals surface area contributed by atoms with Crippen LogP contribution in [0, 0.1) is 0 Å². The first kappa shape index (κ1) is 15.0. The predicted octanol–water partition coefficient (Wildman–Crippen LogP) is 2.72. The van der Waals surface area contributed by atoms with Crippen LogP contribution in [0.15, 0.2) is 12.1 Å². The number of hydrogen-bond donors (Lipinski definition) is 0. The lowest BCUT2D eigenvalue weighted by Gasteiger charge is -2.32. The van der Waals surface area contributed by atoms with Crippen molar-refractivity contribution in [1.29, 1.82) is 0 Å². The molecule has 2 aliphatic rings. The average Bonchev–Trinajstić information content (AvgIpc) is 2.55. The highest BCUT2D eigenvalue weighted by Gasteiger charge is 2.49. The molecule has 0 spiro atoms. The van der Waals surface area contributed by atoms with E-state index in [1.807, 2.05) is 39.7 Å². The van der Waals surface area contributed by atoms with E-state index in [0.29, 0.717) is 6.61 Å². The van der Waals surface area contributed by atoms with Gasteiger partial charge in [0.15, 0.2) is 6.29 Å². The molecular formula is C14H25BO4. The minimum absolute atomic E-state index is 0.0447. The maximum Gasteiger partial charge on any atom is 0.486 e. The Morgan fingerprint density at radius 3 is 2.42 bits per heavy atom. The van der Waals surface area contributed by atoms with Crippen LogP contribution in [0.1, 0.15) is 47.0 Å². The van der Waals surface area contributed by atoms with Gasteiger partial charge in [0, 0.05) is 6.61 Å². The van der Waals surface area contributed by atoms with Gasteiger partial charge in [-0.15, -0.1) is 0 Å². The Morgan fingerprint density at radius 2 is 1.84 bits per heavy atom. The van der Waals surface area contributed by atoms with E-state index in [4.69, 9.17) is 18.8 Å². The topological polar surface area (TPSA) is 36.9 Å². The number of hydrogen-bond acceptors (Lipinski definition) is 4. The van der Waals surface area contributed by atoms with Crippen LogP contribution in [0.25, 0.3) is 0 Å². The summed E-state index contributed by atoms with van der Waals surface area (Å²) in [6.07, 6.45) is 5.22. The standard InChI is InChI=1S/C14H25BO4/c1-13(2)14(3,4)19-15(18-13)9-7-11-17-12-8-5-6-10-16-12/h7,9,12H,5-6,8,10-11H2,1-4H3. The molecule has 5 heteroatoms. The Labute approximate surface area is 116 Å².